The first-order valence-corrected chi connectivity index (χ1v) is 6.37. The molecule has 2 rings (SSSR count). The van der Waals surface area contributed by atoms with Crippen LogP contribution in [0.4, 0.5) is 18.9 Å². The van der Waals surface area contributed by atoms with Crippen molar-refractivity contribution < 1.29 is 17.9 Å². The Kier molecular flexibility index (Phi) is 4.19. The van der Waals surface area contributed by atoms with Crippen LogP contribution in [0.3, 0.4) is 0 Å². The van der Waals surface area contributed by atoms with Gasteiger partial charge in [-0.25, -0.2) is 0 Å². The van der Waals surface area contributed by atoms with E-state index >= 15 is 0 Å². The summed E-state index contributed by atoms with van der Waals surface area (Å²) in [7, 11) is 0. The van der Waals surface area contributed by atoms with Crippen LogP contribution in [0, 0.1) is 17.2 Å². The summed E-state index contributed by atoms with van der Waals surface area (Å²) in [4.78, 5) is 0. The lowest BCUT2D eigenvalue weighted by atomic mass is 9.97. The van der Waals surface area contributed by atoms with Gasteiger partial charge in [0.05, 0.1) is 23.4 Å². The normalized spacial score (nSPS) is 23.1. The number of benzene rings is 1. The summed E-state index contributed by atoms with van der Waals surface area (Å²) in [6.07, 6.45) is -3.70. The van der Waals surface area contributed by atoms with Crippen molar-refractivity contribution in [2.75, 3.05) is 18.5 Å². The zero-order valence-corrected chi connectivity index (χ0v) is 11.0. The Morgan fingerprint density at radius 1 is 1.40 bits per heavy atom. The molecule has 0 unspecified atom stereocenters. The van der Waals surface area contributed by atoms with Crippen molar-refractivity contribution >= 4 is 5.69 Å². The van der Waals surface area contributed by atoms with E-state index in [2.05, 4.69) is 5.32 Å². The van der Waals surface area contributed by atoms with Crippen LogP contribution in [-0.2, 0) is 10.9 Å². The van der Waals surface area contributed by atoms with Gasteiger partial charge in [0.1, 0.15) is 6.07 Å². The van der Waals surface area contributed by atoms with E-state index in [-0.39, 0.29) is 23.2 Å². The predicted octanol–water partition coefficient (Wildman–Crippen LogP) is 3.41. The Morgan fingerprint density at radius 2 is 2.15 bits per heavy atom. The summed E-state index contributed by atoms with van der Waals surface area (Å²) < 4.78 is 43.5. The largest absolute Gasteiger partial charge is 0.416 e. The molecule has 1 aliphatic rings. The van der Waals surface area contributed by atoms with Crippen molar-refractivity contribution in [1.29, 1.82) is 5.26 Å². The molecule has 1 heterocycles. The van der Waals surface area contributed by atoms with Gasteiger partial charge in [0.25, 0.3) is 0 Å². The van der Waals surface area contributed by atoms with E-state index in [0.717, 1.165) is 12.1 Å². The molecule has 0 spiro atoms. The van der Waals surface area contributed by atoms with E-state index in [1.807, 2.05) is 13.0 Å². The topological polar surface area (TPSA) is 45.0 Å². The number of anilines is 1. The lowest BCUT2D eigenvalue weighted by Gasteiger charge is -2.30. The molecule has 1 aromatic rings. The Balaban J connectivity index is 2.27. The highest BCUT2D eigenvalue weighted by Crippen LogP contribution is 2.33. The van der Waals surface area contributed by atoms with Crippen molar-refractivity contribution in [2.45, 2.75) is 25.6 Å². The van der Waals surface area contributed by atoms with Gasteiger partial charge in [0.2, 0.25) is 0 Å². The molecule has 1 N–H and O–H groups in total. The average molecular weight is 284 g/mol. The third-order valence-corrected chi connectivity index (χ3v) is 3.45. The number of nitrogens with one attached hydrogen (secondary N) is 1. The summed E-state index contributed by atoms with van der Waals surface area (Å²) in [6, 6.07) is 5.06. The van der Waals surface area contributed by atoms with Crippen molar-refractivity contribution in [3.63, 3.8) is 0 Å². The zero-order valence-electron chi connectivity index (χ0n) is 11.0. The van der Waals surface area contributed by atoms with Crippen LogP contribution >= 0.6 is 0 Å². The number of nitriles is 1. The molecule has 1 aliphatic heterocycles. The molecule has 3 nitrogen and oxygen atoms in total. The first kappa shape index (κ1) is 14.7. The van der Waals surface area contributed by atoms with Gasteiger partial charge < -0.3 is 10.1 Å². The number of rotatable bonds is 2. The molecule has 0 radical (unpaired) electrons. The van der Waals surface area contributed by atoms with Crippen molar-refractivity contribution in [2.24, 2.45) is 5.92 Å². The minimum absolute atomic E-state index is 0.0133. The Morgan fingerprint density at radius 3 is 2.75 bits per heavy atom. The predicted molar refractivity (Wildman–Crippen MR) is 68.2 cm³/mol. The van der Waals surface area contributed by atoms with Gasteiger partial charge in [0.15, 0.2) is 0 Å². The van der Waals surface area contributed by atoms with E-state index in [1.54, 1.807) is 0 Å². The number of ether oxygens (including phenoxy) is 1. The zero-order chi connectivity index (χ0) is 14.8. The molecular formula is C14H15F3N2O. The number of hydrogen-bond acceptors (Lipinski definition) is 3. The fourth-order valence-electron chi connectivity index (χ4n) is 2.23. The molecule has 0 aliphatic carbocycles. The molecule has 0 aromatic heterocycles. The molecular weight excluding hydrogens is 269 g/mol. The second-order valence-corrected chi connectivity index (χ2v) is 4.96. The van der Waals surface area contributed by atoms with E-state index < -0.39 is 11.7 Å². The third-order valence-electron chi connectivity index (χ3n) is 3.45. The minimum Gasteiger partial charge on any atom is -0.381 e. The van der Waals surface area contributed by atoms with E-state index in [4.69, 9.17) is 10.00 Å². The summed E-state index contributed by atoms with van der Waals surface area (Å²) >= 11 is 0. The molecule has 6 heteroatoms. The number of hydrogen-bond donors (Lipinski definition) is 1. The van der Waals surface area contributed by atoms with Crippen LogP contribution in [-0.4, -0.2) is 19.3 Å². The monoisotopic (exact) mass is 284 g/mol. The molecule has 0 bridgehead atoms. The standard InChI is InChI=1S/C14H15F3N2O/c1-9-8-20-5-4-12(9)19-13-6-11(14(15,16)17)3-2-10(13)7-18/h2-3,6,9,12,19H,4-5,8H2,1H3/t9-,12-/m0/s1. The fourth-order valence-corrected chi connectivity index (χ4v) is 2.23. The molecule has 2 atom stereocenters. The second-order valence-electron chi connectivity index (χ2n) is 4.96. The number of nitrogens with zero attached hydrogens (tertiary/aromatic N) is 1. The maximum absolute atomic E-state index is 12.7. The highest BCUT2D eigenvalue weighted by molar-refractivity contribution is 5.60. The highest BCUT2D eigenvalue weighted by Gasteiger charge is 2.31. The SMILES string of the molecule is C[C@H]1COCC[C@@H]1Nc1cc(C(F)(F)F)ccc1C#N. The van der Waals surface area contributed by atoms with Gasteiger partial charge in [-0.3, -0.25) is 0 Å². The Bertz CT molecular complexity index is 522. The van der Waals surface area contributed by atoms with Crippen LogP contribution in [0.1, 0.15) is 24.5 Å². The van der Waals surface area contributed by atoms with E-state index in [0.29, 0.717) is 19.6 Å². The van der Waals surface area contributed by atoms with Gasteiger partial charge in [-0.1, -0.05) is 6.92 Å². The van der Waals surface area contributed by atoms with Crippen molar-refractivity contribution in [3.8, 4) is 6.07 Å². The van der Waals surface area contributed by atoms with Gasteiger partial charge in [-0.05, 0) is 30.5 Å². The molecule has 1 fully saturated rings. The molecule has 0 saturated carbocycles. The lowest BCUT2D eigenvalue weighted by molar-refractivity contribution is -0.137. The van der Waals surface area contributed by atoms with Crippen molar-refractivity contribution in [3.05, 3.63) is 29.3 Å². The summed E-state index contributed by atoms with van der Waals surface area (Å²) in [5, 5.41) is 12.1. The number of alkyl halides is 3. The maximum atomic E-state index is 12.7. The van der Waals surface area contributed by atoms with Crippen LogP contribution in [0.25, 0.3) is 0 Å². The first-order chi connectivity index (χ1) is 9.41. The van der Waals surface area contributed by atoms with Crippen LogP contribution in [0.5, 0.6) is 0 Å². The number of halogens is 3. The molecule has 20 heavy (non-hydrogen) atoms. The van der Waals surface area contributed by atoms with Gasteiger partial charge in [-0.15, -0.1) is 0 Å². The van der Waals surface area contributed by atoms with Crippen LogP contribution in [0.15, 0.2) is 18.2 Å². The van der Waals surface area contributed by atoms with Gasteiger partial charge in [-0.2, -0.15) is 18.4 Å². The Labute approximate surface area is 115 Å². The minimum atomic E-state index is -4.41. The smallest absolute Gasteiger partial charge is 0.381 e. The third kappa shape index (κ3) is 3.23. The maximum Gasteiger partial charge on any atom is 0.416 e. The highest BCUT2D eigenvalue weighted by atomic mass is 19.4. The molecule has 1 aromatic carbocycles. The molecule has 0 amide bonds. The second kappa shape index (κ2) is 5.71. The van der Waals surface area contributed by atoms with E-state index in [1.165, 1.54) is 6.07 Å². The summed E-state index contributed by atoms with van der Waals surface area (Å²) in [5.41, 5.74) is -0.295. The van der Waals surface area contributed by atoms with E-state index in [9.17, 15) is 13.2 Å². The summed E-state index contributed by atoms with van der Waals surface area (Å²) in [5.74, 6) is 0.185. The quantitative estimate of drug-likeness (QED) is 0.905. The Hall–Kier alpha value is -1.74. The van der Waals surface area contributed by atoms with Crippen LogP contribution < -0.4 is 5.32 Å². The average Bonchev–Trinajstić information content (AvgIpc) is 2.40. The summed E-state index contributed by atoms with van der Waals surface area (Å²) in [6.45, 7) is 3.11. The lowest BCUT2D eigenvalue weighted by Crippen LogP contribution is -2.36. The van der Waals surface area contributed by atoms with Crippen molar-refractivity contribution in [1.82, 2.24) is 0 Å². The molecule has 108 valence electrons. The first-order valence-electron chi connectivity index (χ1n) is 6.37. The van der Waals surface area contributed by atoms with Gasteiger partial charge in [0, 0.05) is 12.6 Å². The molecule has 1 saturated heterocycles. The fraction of sp³-hybridized carbons (Fsp3) is 0.500. The van der Waals surface area contributed by atoms with Crippen LogP contribution in [0.2, 0.25) is 0 Å². The van der Waals surface area contributed by atoms with Gasteiger partial charge >= 0.3 is 6.18 Å².